The average molecular weight is 448 g/mol. The van der Waals surface area contributed by atoms with E-state index in [9.17, 15) is 4.21 Å². The lowest BCUT2D eigenvalue weighted by molar-refractivity contribution is -0.297. The van der Waals surface area contributed by atoms with Gasteiger partial charge < -0.3 is 23.7 Å². The minimum absolute atomic E-state index is 0.140. The molecular weight excluding hydrogens is 406 g/mol. The first-order valence-corrected chi connectivity index (χ1v) is 12.5. The van der Waals surface area contributed by atoms with E-state index in [4.69, 9.17) is 23.7 Å². The summed E-state index contributed by atoms with van der Waals surface area (Å²) in [5.74, 6) is -2.51. The molecule has 0 aliphatic carbocycles. The summed E-state index contributed by atoms with van der Waals surface area (Å²) in [5, 5.41) is 0. The number of hydrogen-bond acceptors (Lipinski definition) is 6. The number of ether oxygens (including phenoxy) is 5. The Morgan fingerprint density at radius 2 is 1.73 bits per heavy atom. The molecule has 0 bridgehead atoms. The molecule has 30 heavy (non-hydrogen) atoms. The van der Waals surface area contributed by atoms with Gasteiger partial charge in [0, 0.05) is 6.04 Å². The molecule has 176 valence electrons. The quantitative estimate of drug-likeness (QED) is 0.571. The van der Waals surface area contributed by atoms with Crippen LogP contribution in [0.5, 0.6) is 0 Å². The van der Waals surface area contributed by atoms with Crippen molar-refractivity contribution >= 4 is 11.0 Å². The minimum Gasteiger partial charge on any atom is -0.345 e. The third-order valence-electron chi connectivity index (χ3n) is 5.84. The van der Waals surface area contributed by atoms with Crippen molar-refractivity contribution in [2.45, 2.75) is 134 Å². The van der Waals surface area contributed by atoms with Crippen molar-refractivity contribution in [2.75, 3.05) is 6.61 Å². The van der Waals surface area contributed by atoms with Crippen molar-refractivity contribution in [3.05, 3.63) is 0 Å². The zero-order valence-electron chi connectivity index (χ0n) is 19.9. The molecule has 3 fully saturated rings. The van der Waals surface area contributed by atoms with Crippen LogP contribution in [0.3, 0.4) is 0 Å². The van der Waals surface area contributed by atoms with Crippen LogP contribution in [0.15, 0.2) is 0 Å². The highest BCUT2D eigenvalue weighted by atomic mass is 32.2. The van der Waals surface area contributed by atoms with E-state index in [1.165, 1.54) is 12.8 Å². The summed E-state index contributed by atoms with van der Waals surface area (Å²) in [6.07, 6.45) is 4.31. The fraction of sp³-hybridized carbons (Fsp3) is 1.00. The molecule has 3 saturated heterocycles. The van der Waals surface area contributed by atoms with Gasteiger partial charge in [-0.1, -0.05) is 32.6 Å². The zero-order chi connectivity index (χ0) is 22.4. The Morgan fingerprint density at radius 1 is 1.03 bits per heavy atom. The van der Waals surface area contributed by atoms with Gasteiger partial charge in [0.2, 0.25) is 5.79 Å². The second kappa shape index (κ2) is 8.69. The maximum atomic E-state index is 13.0. The zero-order valence-corrected chi connectivity index (χ0v) is 20.7. The Bertz CT molecular complexity index is 634. The first kappa shape index (κ1) is 24.6. The molecule has 0 radical (unpaired) electrons. The molecule has 6 atom stereocenters. The Kier molecular flexibility index (Phi) is 7.11. The van der Waals surface area contributed by atoms with Crippen LogP contribution in [-0.2, 0) is 34.7 Å². The summed E-state index contributed by atoms with van der Waals surface area (Å²) in [7, 11) is -1.22. The first-order chi connectivity index (χ1) is 13.8. The van der Waals surface area contributed by atoms with Crippen LogP contribution in [0.25, 0.3) is 0 Å². The van der Waals surface area contributed by atoms with E-state index in [2.05, 4.69) is 11.6 Å². The molecule has 8 heteroatoms. The Morgan fingerprint density at radius 3 is 2.30 bits per heavy atom. The van der Waals surface area contributed by atoms with Gasteiger partial charge in [-0.2, -0.15) is 0 Å². The normalized spacial score (nSPS) is 36.9. The van der Waals surface area contributed by atoms with Crippen LogP contribution in [0, 0.1) is 0 Å². The molecule has 3 rings (SSSR count). The van der Waals surface area contributed by atoms with Gasteiger partial charge in [-0.05, 0) is 54.9 Å². The summed E-state index contributed by atoms with van der Waals surface area (Å²) in [6.45, 7) is 16.0. The Balaban J connectivity index is 1.84. The Hall–Kier alpha value is -0.0900. The van der Waals surface area contributed by atoms with Gasteiger partial charge in [0.15, 0.2) is 11.6 Å². The third kappa shape index (κ3) is 5.27. The molecule has 0 aromatic heterocycles. The standard InChI is InChI=1S/C22H41NO6S/c1-9-10-11-12-13-15(23-30(24)19(2,3)4)16-17-18(28-21(7,8)26-17)22(27-16)14-25-20(5,6)29-22/h15-18,23H,9-14H2,1-8H3/t15?,16-,17+,18+,22?,30?/m0/s1. The number of rotatable bonds is 8. The highest BCUT2D eigenvalue weighted by Gasteiger charge is 2.68. The predicted molar refractivity (Wildman–Crippen MR) is 116 cm³/mol. The summed E-state index contributed by atoms with van der Waals surface area (Å²) in [6, 6.07) is -0.140. The molecule has 3 aliphatic rings. The molecule has 3 heterocycles. The summed E-state index contributed by atoms with van der Waals surface area (Å²) in [5.41, 5.74) is 0. The number of unbranched alkanes of at least 4 members (excludes halogenated alkanes) is 3. The van der Waals surface area contributed by atoms with E-state index in [0.29, 0.717) is 0 Å². The Labute approximate surface area is 184 Å². The second-order valence-electron chi connectivity index (χ2n) is 10.7. The predicted octanol–water partition coefficient (Wildman–Crippen LogP) is 3.78. The van der Waals surface area contributed by atoms with Gasteiger partial charge in [-0.15, -0.1) is 0 Å². The lowest BCUT2D eigenvalue weighted by atomic mass is 9.97. The van der Waals surface area contributed by atoms with Crippen molar-refractivity contribution < 1.29 is 27.9 Å². The van der Waals surface area contributed by atoms with Gasteiger partial charge >= 0.3 is 0 Å². The van der Waals surface area contributed by atoms with Crippen LogP contribution in [0.2, 0.25) is 0 Å². The van der Waals surface area contributed by atoms with Gasteiger partial charge in [0.05, 0.1) is 15.7 Å². The number of hydrogen-bond donors (Lipinski definition) is 1. The van der Waals surface area contributed by atoms with Crippen LogP contribution >= 0.6 is 0 Å². The van der Waals surface area contributed by atoms with Crippen LogP contribution in [0.1, 0.15) is 87.5 Å². The molecule has 3 unspecified atom stereocenters. The van der Waals surface area contributed by atoms with E-state index < -0.39 is 34.5 Å². The molecular formula is C22H41NO6S. The van der Waals surface area contributed by atoms with Gasteiger partial charge in [0.1, 0.15) is 24.9 Å². The molecule has 0 aromatic carbocycles. The molecule has 0 saturated carbocycles. The summed E-state index contributed by atoms with van der Waals surface area (Å²) in [4.78, 5) is 0. The van der Waals surface area contributed by atoms with E-state index in [0.717, 1.165) is 19.3 Å². The third-order valence-corrected chi connectivity index (χ3v) is 7.47. The highest BCUT2D eigenvalue weighted by Crippen LogP contribution is 2.50. The maximum absolute atomic E-state index is 13.0. The van der Waals surface area contributed by atoms with E-state index in [-0.39, 0.29) is 29.6 Å². The van der Waals surface area contributed by atoms with Crippen molar-refractivity contribution in [3.63, 3.8) is 0 Å². The molecule has 7 nitrogen and oxygen atoms in total. The molecule has 1 spiro atoms. The van der Waals surface area contributed by atoms with Gasteiger partial charge in [-0.3, -0.25) is 0 Å². The first-order valence-electron chi connectivity index (χ1n) is 11.3. The van der Waals surface area contributed by atoms with Gasteiger partial charge in [0.25, 0.3) is 0 Å². The lowest BCUT2D eigenvalue weighted by Crippen LogP contribution is -2.50. The minimum atomic E-state index is -1.22. The van der Waals surface area contributed by atoms with Crippen molar-refractivity contribution in [1.82, 2.24) is 4.72 Å². The molecule has 0 aromatic rings. The fourth-order valence-electron chi connectivity index (χ4n) is 4.39. The van der Waals surface area contributed by atoms with E-state index in [1.54, 1.807) is 0 Å². The summed E-state index contributed by atoms with van der Waals surface area (Å²) < 4.78 is 47.2. The average Bonchev–Trinajstić information content (AvgIpc) is 3.19. The molecule has 3 aliphatic heterocycles. The summed E-state index contributed by atoms with van der Waals surface area (Å²) >= 11 is 0. The number of fused-ring (bicyclic) bond motifs is 2. The largest absolute Gasteiger partial charge is 0.345 e. The maximum Gasteiger partial charge on any atom is 0.224 e. The van der Waals surface area contributed by atoms with Crippen LogP contribution in [-0.4, -0.2) is 57.3 Å². The van der Waals surface area contributed by atoms with Gasteiger partial charge in [-0.25, -0.2) is 8.93 Å². The highest BCUT2D eigenvalue weighted by molar-refractivity contribution is 7.84. The van der Waals surface area contributed by atoms with E-state index in [1.807, 2.05) is 48.5 Å². The molecule has 1 N–H and O–H groups in total. The van der Waals surface area contributed by atoms with Crippen LogP contribution in [0.4, 0.5) is 0 Å². The van der Waals surface area contributed by atoms with Crippen molar-refractivity contribution in [3.8, 4) is 0 Å². The van der Waals surface area contributed by atoms with E-state index >= 15 is 0 Å². The SMILES string of the molecule is CCCCCCC(NS(=O)C(C)(C)C)[C@@H]1OC2(COC(C)(C)O2)[C@@H]2OC(C)(C)O[C@@H]21. The number of nitrogens with one attached hydrogen (secondary N) is 1. The molecule has 0 amide bonds. The second-order valence-corrected chi connectivity index (χ2v) is 12.7. The van der Waals surface area contributed by atoms with Crippen molar-refractivity contribution in [2.24, 2.45) is 0 Å². The van der Waals surface area contributed by atoms with Crippen LogP contribution < -0.4 is 4.72 Å². The fourth-order valence-corrected chi connectivity index (χ4v) is 5.27. The monoisotopic (exact) mass is 447 g/mol. The van der Waals surface area contributed by atoms with Crippen molar-refractivity contribution in [1.29, 1.82) is 0 Å². The lowest BCUT2D eigenvalue weighted by Gasteiger charge is -2.33. The topological polar surface area (TPSA) is 75.3 Å². The smallest absolute Gasteiger partial charge is 0.224 e.